The van der Waals surface area contributed by atoms with E-state index in [-0.39, 0.29) is 0 Å². The lowest BCUT2D eigenvalue weighted by Gasteiger charge is -2.24. The van der Waals surface area contributed by atoms with Crippen LogP contribution in [0, 0.1) is 0 Å². The average Bonchev–Trinajstić information content (AvgIpc) is 2.25. The molecule has 1 heterocycles. The highest BCUT2D eigenvalue weighted by Crippen LogP contribution is 2.19. The number of nitrogens with zero attached hydrogens (tertiary/aromatic N) is 1. The van der Waals surface area contributed by atoms with E-state index < -0.39 is 0 Å². The van der Waals surface area contributed by atoms with Crippen molar-refractivity contribution in [1.82, 2.24) is 4.90 Å². The second-order valence-electron chi connectivity index (χ2n) is 4.16. The highest BCUT2D eigenvalue weighted by Gasteiger charge is 2.09. The maximum Gasteiger partial charge on any atom is 0.0175 e. The minimum Gasteiger partial charge on any atom is -0.306 e. The number of benzene rings is 1. The van der Waals surface area contributed by atoms with Crippen molar-refractivity contribution in [2.45, 2.75) is 12.8 Å². The minimum absolute atomic E-state index is 1.15. The Morgan fingerprint density at radius 1 is 1.13 bits per heavy atom. The highest BCUT2D eigenvalue weighted by atomic mass is 79.9. The quantitative estimate of drug-likeness (QED) is 0.751. The zero-order valence-corrected chi connectivity index (χ0v) is 10.6. The van der Waals surface area contributed by atoms with Crippen LogP contribution in [0.1, 0.15) is 18.4 Å². The van der Waals surface area contributed by atoms with Crippen molar-refractivity contribution in [3.63, 3.8) is 0 Å². The summed E-state index contributed by atoms with van der Waals surface area (Å²) in [6.07, 6.45) is 4.76. The summed E-state index contributed by atoms with van der Waals surface area (Å²) in [6.45, 7) is 2.39. The molecule has 0 atom stereocenters. The molecule has 1 nitrogen and oxygen atoms in total. The van der Waals surface area contributed by atoms with Gasteiger partial charge in [0.2, 0.25) is 0 Å². The minimum atomic E-state index is 1.15. The lowest BCUT2D eigenvalue weighted by Crippen LogP contribution is -2.26. The fraction of sp³-hybridized carbons (Fsp3) is 0.385. The van der Waals surface area contributed by atoms with Crippen LogP contribution >= 0.6 is 15.9 Å². The van der Waals surface area contributed by atoms with Crippen LogP contribution < -0.4 is 0 Å². The Hall–Kier alpha value is -0.600. The SMILES string of the molecule is CN1CCC(=Cc2ccc(Br)cc2)CC1. The molecule has 0 saturated carbocycles. The normalized spacial score (nSPS) is 17.9. The van der Waals surface area contributed by atoms with Crippen molar-refractivity contribution >= 4 is 22.0 Å². The number of halogens is 1. The topological polar surface area (TPSA) is 3.24 Å². The van der Waals surface area contributed by atoms with Gasteiger partial charge in [-0.05, 0) is 37.6 Å². The molecule has 80 valence electrons. The first-order chi connectivity index (χ1) is 7.24. The second kappa shape index (κ2) is 4.95. The summed E-state index contributed by atoms with van der Waals surface area (Å²) in [6, 6.07) is 8.52. The molecular formula is C13H16BrN. The molecule has 1 aromatic rings. The van der Waals surface area contributed by atoms with Gasteiger partial charge < -0.3 is 4.90 Å². The van der Waals surface area contributed by atoms with Crippen molar-refractivity contribution < 1.29 is 0 Å². The molecule has 1 saturated heterocycles. The van der Waals surface area contributed by atoms with Crippen LogP contribution in [0.3, 0.4) is 0 Å². The molecule has 0 bridgehead atoms. The molecular weight excluding hydrogens is 250 g/mol. The van der Waals surface area contributed by atoms with Crippen LogP contribution in [-0.2, 0) is 0 Å². The molecule has 0 N–H and O–H groups in total. The predicted octanol–water partition coefficient (Wildman–Crippen LogP) is 3.56. The Balaban J connectivity index is 2.06. The predicted molar refractivity (Wildman–Crippen MR) is 68.9 cm³/mol. The van der Waals surface area contributed by atoms with Crippen LogP contribution in [0.5, 0.6) is 0 Å². The summed E-state index contributed by atoms with van der Waals surface area (Å²) in [5, 5.41) is 0. The maximum atomic E-state index is 3.45. The molecule has 0 radical (unpaired) electrons. The fourth-order valence-corrected chi connectivity index (χ4v) is 2.11. The van der Waals surface area contributed by atoms with Crippen molar-refractivity contribution in [3.8, 4) is 0 Å². The van der Waals surface area contributed by atoms with E-state index in [0.29, 0.717) is 0 Å². The largest absolute Gasteiger partial charge is 0.306 e. The van der Waals surface area contributed by atoms with Gasteiger partial charge in [0.25, 0.3) is 0 Å². The molecule has 1 aromatic carbocycles. The average molecular weight is 266 g/mol. The van der Waals surface area contributed by atoms with Gasteiger partial charge in [-0.2, -0.15) is 0 Å². The third kappa shape index (κ3) is 3.18. The molecule has 0 unspecified atom stereocenters. The molecule has 0 aliphatic carbocycles. The van der Waals surface area contributed by atoms with Crippen LogP contribution in [0.2, 0.25) is 0 Å². The highest BCUT2D eigenvalue weighted by molar-refractivity contribution is 9.10. The van der Waals surface area contributed by atoms with Gasteiger partial charge in [0.15, 0.2) is 0 Å². The number of piperidine rings is 1. The standard InChI is InChI=1S/C13H16BrN/c1-15-8-6-12(7-9-15)10-11-2-4-13(14)5-3-11/h2-5,10H,6-9H2,1H3. The molecule has 0 amide bonds. The Kier molecular flexibility index (Phi) is 3.60. The molecule has 15 heavy (non-hydrogen) atoms. The van der Waals surface area contributed by atoms with Crippen molar-refractivity contribution in [2.24, 2.45) is 0 Å². The third-order valence-corrected chi connectivity index (χ3v) is 3.40. The van der Waals surface area contributed by atoms with E-state index in [9.17, 15) is 0 Å². The first-order valence-corrected chi connectivity index (χ1v) is 6.17. The molecule has 1 fully saturated rings. The van der Waals surface area contributed by atoms with Gasteiger partial charge in [-0.25, -0.2) is 0 Å². The number of rotatable bonds is 1. The Bertz CT molecular complexity index is 343. The van der Waals surface area contributed by atoms with E-state index in [1.54, 1.807) is 5.57 Å². The molecule has 0 spiro atoms. The fourth-order valence-electron chi connectivity index (χ4n) is 1.84. The smallest absolute Gasteiger partial charge is 0.0175 e. The number of hydrogen-bond acceptors (Lipinski definition) is 1. The summed E-state index contributed by atoms with van der Waals surface area (Å²) in [5.41, 5.74) is 2.90. The van der Waals surface area contributed by atoms with Gasteiger partial charge in [0, 0.05) is 17.6 Å². The summed E-state index contributed by atoms with van der Waals surface area (Å²) in [4.78, 5) is 2.39. The number of hydrogen-bond donors (Lipinski definition) is 0. The lowest BCUT2D eigenvalue weighted by atomic mass is 10.0. The Morgan fingerprint density at radius 3 is 2.33 bits per heavy atom. The van der Waals surface area contributed by atoms with Crippen molar-refractivity contribution in [3.05, 3.63) is 39.9 Å². The molecule has 1 aliphatic rings. The zero-order valence-electron chi connectivity index (χ0n) is 9.04. The number of likely N-dealkylation sites (tertiary alicyclic amines) is 1. The second-order valence-corrected chi connectivity index (χ2v) is 5.07. The van der Waals surface area contributed by atoms with Gasteiger partial charge in [0.05, 0.1) is 0 Å². The molecule has 0 aromatic heterocycles. The van der Waals surface area contributed by atoms with E-state index in [0.717, 1.165) is 4.47 Å². The van der Waals surface area contributed by atoms with Crippen LogP contribution in [0.15, 0.2) is 34.3 Å². The van der Waals surface area contributed by atoms with Gasteiger partial charge in [0.1, 0.15) is 0 Å². The zero-order chi connectivity index (χ0) is 10.7. The van der Waals surface area contributed by atoms with Gasteiger partial charge in [-0.1, -0.05) is 39.7 Å². The monoisotopic (exact) mass is 265 g/mol. The van der Waals surface area contributed by atoms with Gasteiger partial charge in [-0.3, -0.25) is 0 Å². The van der Waals surface area contributed by atoms with Gasteiger partial charge >= 0.3 is 0 Å². The first kappa shape index (κ1) is 10.9. The summed E-state index contributed by atoms with van der Waals surface area (Å²) < 4.78 is 1.15. The summed E-state index contributed by atoms with van der Waals surface area (Å²) >= 11 is 3.45. The summed E-state index contributed by atoms with van der Waals surface area (Å²) in [7, 11) is 2.19. The van der Waals surface area contributed by atoms with Crippen LogP contribution in [0.25, 0.3) is 6.08 Å². The molecule has 2 heteroatoms. The lowest BCUT2D eigenvalue weighted by molar-refractivity contribution is 0.313. The summed E-state index contributed by atoms with van der Waals surface area (Å²) in [5.74, 6) is 0. The van der Waals surface area contributed by atoms with E-state index in [1.807, 2.05) is 0 Å². The van der Waals surface area contributed by atoms with E-state index in [2.05, 4.69) is 58.2 Å². The molecule has 1 aliphatic heterocycles. The third-order valence-electron chi connectivity index (χ3n) is 2.87. The van der Waals surface area contributed by atoms with E-state index >= 15 is 0 Å². The Labute approximate surface area is 99.9 Å². The molecule has 2 rings (SSSR count). The van der Waals surface area contributed by atoms with E-state index in [1.165, 1.54) is 31.5 Å². The van der Waals surface area contributed by atoms with Crippen molar-refractivity contribution in [2.75, 3.05) is 20.1 Å². The van der Waals surface area contributed by atoms with Crippen LogP contribution in [0.4, 0.5) is 0 Å². The van der Waals surface area contributed by atoms with Crippen LogP contribution in [-0.4, -0.2) is 25.0 Å². The van der Waals surface area contributed by atoms with Crippen molar-refractivity contribution in [1.29, 1.82) is 0 Å². The Morgan fingerprint density at radius 2 is 1.73 bits per heavy atom. The maximum absolute atomic E-state index is 3.45. The van der Waals surface area contributed by atoms with E-state index in [4.69, 9.17) is 0 Å². The van der Waals surface area contributed by atoms with Gasteiger partial charge in [-0.15, -0.1) is 0 Å². The first-order valence-electron chi connectivity index (χ1n) is 5.37.